The lowest BCUT2D eigenvalue weighted by molar-refractivity contribution is -0.385. The summed E-state index contributed by atoms with van der Waals surface area (Å²) in [6.45, 7) is 2.06. The molecule has 0 aliphatic carbocycles. The Bertz CT molecular complexity index is 619. The molecule has 1 aromatic heterocycles. The lowest BCUT2D eigenvalue weighted by Crippen LogP contribution is -2.51. The van der Waals surface area contributed by atoms with E-state index >= 15 is 0 Å². The minimum absolute atomic E-state index is 0.338. The maximum atomic E-state index is 11.7. The fraction of sp³-hybridized carbons (Fsp3) is 0.364. The molecule has 9 nitrogen and oxygen atoms in total. The van der Waals surface area contributed by atoms with Crippen molar-refractivity contribution < 1.29 is 19.6 Å². The van der Waals surface area contributed by atoms with Crippen LogP contribution < -0.4 is 10.9 Å². The Morgan fingerprint density at radius 1 is 1.45 bits per heavy atom. The molecule has 0 unspecified atom stereocenters. The molecule has 20 heavy (non-hydrogen) atoms. The van der Waals surface area contributed by atoms with Gasteiger partial charge in [-0.15, -0.1) is 0 Å². The number of hydrogen-bond donors (Lipinski definition) is 2. The molecule has 0 saturated carbocycles. The Hall–Kier alpha value is -2.71. The van der Waals surface area contributed by atoms with Gasteiger partial charge in [0.05, 0.1) is 11.1 Å². The molecule has 0 aliphatic rings. The molecule has 2 N–H and O–H groups in total. The number of carboxylic acid groups (broad SMARTS) is 1. The Labute approximate surface area is 113 Å². The van der Waals surface area contributed by atoms with Crippen LogP contribution in [0.25, 0.3) is 0 Å². The van der Waals surface area contributed by atoms with Crippen LogP contribution in [0.5, 0.6) is 0 Å². The third-order valence-corrected chi connectivity index (χ3v) is 2.48. The predicted octanol–water partition coefficient (Wildman–Crippen LogP) is -0.264. The van der Waals surface area contributed by atoms with Crippen molar-refractivity contribution in [3.8, 4) is 0 Å². The highest BCUT2D eigenvalue weighted by Crippen LogP contribution is 2.07. The van der Waals surface area contributed by atoms with Crippen LogP contribution in [0.2, 0.25) is 0 Å². The second kappa shape index (κ2) is 5.51. The largest absolute Gasteiger partial charge is 0.480 e. The number of carboxylic acids is 1. The number of pyridine rings is 1. The molecule has 0 bridgehead atoms. The van der Waals surface area contributed by atoms with Crippen LogP contribution in [0.4, 0.5) is 5.69 Å². The molecule has 1 aromatic rings. The van der Waals surface area contributed by atoms with Crippen LogP contribution in [0, 0.1) is 10.1 Å². The van der Waals surface area contributed by atoms with Gasteiger partial charge in [-0.1, -0.05) is 0 Å². The average molecular weight is 283 g/mol. The molecule has 0 saturated heterocycles. The van der Waals surface area contributed by atoms with E-state index in [0.29, 0.717) is 0 Å². The molecule has 1 amide bonds. The summed E-state index contributed by atoms with van der Waals surface area (Å²) in [5.74, 6) is -1.97. The molecular weight excluding hydrogens is 270 g/mol. The first-order chi connectivity index (χ1) is 9.13. The molecule has 9 heteroatoms. The maximum Gasteiger partial charge on any atom is 0.328 e. The van der Waals surface area contributed by atoms with E-state index in [1.807, 2.05) is 0 Å². The van der Waals surface area contributed by atoms with Crippen LogP contribution in [0.15, 0.2) is 23.1 Å². The highest BCUT2D eigenvalue weighted by atomic mass is 16.6. The quantitative estimate of drug-likeness (QED) is 0.565. The van der Waals surface area contributed by atoms with Gasteiger partial charge in [0.25, 0.3) is 11.2 Å². The zero-order valence-electron chi connectivity index (χ0n) is 10.8. The highest BCUT2D eigenvalue weighted by molar-refractivity contribution is 5.86. The van der Waals surface area contributed by atoms with Gasteiger partial charge < -0.3 is 10.4 Å². The maximum absolute atomic E-state index is 11.7. The smallest absolute Gasteiger partial charge is 0.328 e. The van der Waals surface area contributed by atoms with Crippen molar-refractivity contribution in [2.75, 3.05) is 0 Å². The molecule has 0 spiro atoms. The van der Waals surface area contributed by atoms with Crippen LogP contribution in [-0.2, 0) is 16.1 Å². The van der Waals surface area contributed by atoms with E-state index in [1.165, 1.54) is 13.8 Å². The van der Waals surface area contributed by atoms with Gasteiger partial charge in [-0.3, -0.25) is 24.3 Å². The summed E-state index contributed by atoms with van der Waals surface area (Å²) in [4.78, 5) is 43.9. The van der Waals surface area contributed by atoms with Crippen LogP contribution in [-0.4, -0.2) is 32.0 Å². The minimum atomic E-state index is -1.50. The van der Waals surface area contributed by atoms with Gasteiger partial charge in [-0.2, -0.15) is 0 Å². The van der Waals surface area contributed by atoms with Gasteiger partial charge in [0.1, 0.15) is 12.1 Å². The first-order valence-corrected chi connectivity index (χ1v) is 5.53. The lowest BCUT2D eigenvalue weighted by atomic mass is 10.1. The second-order valence-corrected chi connectivity index (χ2v) is 4.59. The van der Waals surface area contributed by atoms with Crippen molar-refractivity contribution in [1.29, 1.82) is 0 Å². The number of rotatable bonds is 5. The summed E-state index contributed by atoms with van der Waals surface area (Å²) in [5.41, 5.74) is -2.43. The summed E-state index contributed by atoms with van der Waals surface area (Å²) in [6, 6.07) is 1.99. The Balaban J connectivity index is 2.91. The molecule has 1 heterocycles. The second-order valence-electron chi connectivity index (χ2n) is 4.59. The Morgan fingerprint density at radius 2 is 2.05 bits per heavy atom. The van der Waals surface area contributed by atoms with Gasteiger partial charge in [-0.05, 0) is 13.8 Å². The zero-order chi connectivity index (χ0) is 15.5. The van der Waals surface area contributed by atoms with Gasteiger partial charge >= 0.3 is 5.97 Å². The molecular formula is C11H13N3O6. The summed E-state index contributed by atoms with van der Waals surface area (Å²) in [5, 5.41) is 21.6. The predicted molar refractivity (Wildman–Crippen MR) is 67.2 cm³/mol. The number of amides is 1. The Kier molecular flexibility index (Phi) is 4.23. The summed E-state index contributed by atoms with van der Waals surface area (Å²) in [7, 11) is 0. The van der Waals surface area contributed by atoms with Gasteiger partial charge in [0.2, 0.25) is 5.91 Å². The summed E-state index contributed by atoms with van der Waals surface area (Å²) in [6.07, 6.45) is 0.926. The third kappa shape index (κ3) is 3.64. The fourth-order valence-corrected chi connectivity index (χ4v) is 1.35. The van der Waals surface area contributed by atoms with Gasteiger partial charge in [0.15, 0.2) is 0 Å². The van der Waals surface area contributed by atoms with Crippen molar-refractivity contribution in [3.05, 3.63) is 38.8 Å². The number of hydrogen-bond acceptors (Lipinski definition) is 5. The van der Waals surface area contributed by atoms with E-state index < -0.39 is 34.4 Å². The minimum Gasteiger partial charge on any atom is -0.480 e. The summed E-state index contributed by atoms with van der Waals surface area (Å²) < 4.78 is 0.839. The highest BCUT2D eigenvalue weighted by Gasteiger charge is 2.29. The number of aromatic nitrogens is 1. The molecule has 108 valence electrons. The molecule has 1 rings (SSSR count). The first-order valence-electron chi connectivity index (χ1n) is 5.53. The number of aliphatic carboxylic acids is 1. The molecule has 0 aromatic carbocycles. The van der Waals surface area contributed by atoms with E-state index in [4.69, 9.17) is 5.11 Å². The van der Waals surface area contributed by atoms with E-state index in [0.717, 1.165) is 22.9 Å². The van der Waals surface area contributed by atoms with Crippen molar-refractivity contribution in [1.82, 2.24) is 9.88 Å². The van der Waals surface area contributed by atoms with E-state index in [1.54, 1.807) is 0 Å². The molecule has 0 fully saturated rings. The normalized spacial score (nSPS) is 10.9. The number of carbonyl (C=O) groups excluding carboxylic acids is 1. The summed E-state index contributed by atoms with van der Waals surface area (Å²) >= 11 is 0. The zero-order valence-corrected chi connectivity index (χ0v) is 10.8. The van der Waals surface area contributed by atoms with E-state index in [-0.39, 0.29) is 5.69 Å². The molecule has 0 radical (unpaired) electrons. The average Bonchev–Trinajstić information content (AvgIpc) is 2.30. The number of nitrogens with one attached hydrogen (secondary N) is 1. The number of nitrogens with zero attached hydrogens (tertiary/aromatic N) is 2. The van der Waals surface area contributed by atoms with Crippen LogP contribution >= 0.6 is 0 Å². The van der Waals surface area contributed by atoms with Crippen molar-refractivity contribution in [2.45, 2.75) is 25.9 Å². The lowest BCUT2D eigenvalue weighted by Gasteiger charge is -2.21. The standard InChI is InChI=1S/C11H13N3O6/c1-11(2,10(17)18)12-8(15)6-13-5-7(14(19)20)3-4-9(13)16/h3-5H,6H2,1-2H3,(H,12,15)(H,17,18). The topological polar surface area (TPSA) is 132 Å². The van der Waals surface area contributed by atoms with Crippen LogP contribution in [0.1, 0.15) is 13.8 Å². The van der Waals surface area contributed by atoms with Crippen molar-refractivity contribution in [2.24, 2.45) is 0 Å². The van der Waals surface area contributed by atoms with E-state index in [2.05, 4.69) is 5.32 Å². The van der Waals surface area contributed by atoms with Crippen molar-refractivity contribution >= 4 is 17.6 Å². The van der Waals surface area contributed by atoms with Crippen LogP contribution in [0.3, 0.4) is 0 Å². The monoisotopic (exact) mass is 283 g/mol. The number of carbonyl (C=O) groups is 2. The SMILES string of the molecule is CC(C)(NC(=O)Cn1cc([N+](=O)[O-])ccc1=O)C(=O)O. The number of nitro groups is 1. The first kappa shape index (κ1) is 15.3. The third-order valence-electron chi connectivity index (χ3n) is 2.48. The van der Waals surface area contributed by atoms with Gasteiger partial charge in [-0.25, -0.2) is 4.79 Å². The molecule has 0 atom stereocenters. The fourth-order valence-electron chi connectivity index (χ4n) is 1.35. The van der Waals surface area contributed by atoms with Crippen molar-refractivity contribution in [3.63, 3.8) is 0 Å². The van der Waals surface area contributed by atoms with Gasteiger partial charge in [0, 0.05) is 12.1 Å². The van der Waals surface area contributed by atoms with E-state index in [9.17, 15) is 24.5 Å². The Morgan fingerprint density at radius 3 is 2.55 bits per heavy atom. The molecule has 0 aliphatic heterocycles.